The Morgan fingerprint density at radius 2 is 1.70 bits per heavy atom. The molecule has 1 aromatic heterocycles. The van der Waals surface area contributed by atoms with E-state index >= 15 is 0 Å². The van der Waals surface area contributed by atoms with Gasteiger partial charge in [-0.2, -0.15) is 0 Å². The summed E-state index contributed by atoms with van der Waals surface area (Å²) in [6, 6.07) is 7.93. The lowest BCUT2D eigenvalue weighted by Crippen LogP contribution is -1.99. The van der Waals surface area contributed by atoms with Gasteiger partial charge in [0.05, 0.1) is 6.61 Å². The van der Waals surface area contributed by atoms with Gasteiger partial charge in [-0.25, -0.2) is 0 Å². The highest BCUT2D eigenvalue weighted by Gasteiger charge is 2.17. The first kappa shape index (κ1) is 13.1. The number of aliphatic hydroxyl groups excluding tert-OH is 1. The maximum Gasteiger partial charge on any atom is 0.164 e. The van der Waals surface area contributed by atoms with Gasteiger partial charge in [0.15, 0.2) is 5.78 Å². The number of rotatable bonds is 3. The normalized spacial score (nSPS) is 14.9. The molecule has 1 N–H and O–H groups in total. The predicted octanol–water partition coefficient (Wildman–Crippen LogP) is 2.94. The third-order valence-electron chi connectivity index (χ3n) is 3.93. The summed E-state index contributed by atoms with van der Waals surface area (Å²) in [6.07, 6.45) is 7.91. The van der Waals surface area contributed by atoms with Crippen LogP contribution in [-0.2, 0) is 19.6 Å². The average molecular weight is 269 g/mol. The van der Waals surface area contributed by atoms with Crippen LogP contribution < -0.4 is 0 Å². The van der Waals surface area contributed by atoms with Crippen molar-refractivity contribution in [1.82, 2.24) is 4.57 Å². The molecule has 20 heavy (non-hydrogen) atoms. The van der Waals surface area contributed by atoms with Crippen molar-refractivity contribution in [2.45, 2.75) is 38.8 Å². The molecule has 1 aliphatic carbocycles. The molecule has 3 rings (SSSR count). The van der Waals surface area contributed by atoms with Crippen molar-refractivity contribution in [1.29, 1.82) is 0 Å². The van der Waals surface area contributed by atoms with Gasteiger partial charge in [0, 0.05) is 30.9 Å². The highest BCUT2D eigenvalue weighted by Crippen LogP contribution is 2.22. The van der Waals surface area contributed by atoms with Crippen molar-refractivity contribution in [3.8, 4) is 0 Å². The van der Waals surface area contributed by atoms with Crippen LogP contribution in [0.4, 0.5) is 0 Å². The molecule has 0 aliphatic heterocycles. The van der Waals surface area contributed by atoms with E-state index in [0.29, 0.717) is 6.42 Å². The molecule has 1 aromatic carbocycles. The maximum absolute atomic E-state index is 12.0. The second-order valence-corrected chi connectivity index (χ2v) is 5.47. The zero-order chi connectivity index (χ0) is 13.9. The Hall–Kier alpha value is -1.87. The number of aliphatic hydroxyl groups is 1. The fraction of sp³-hybridized carbons (Fsp3) is 0.353. The van der Waals surface area contributed by atoms with Crippen molar-refractivity contribution < 1.29 is 9.90 Å². The van der Waals surface area contributed by atoms with E-state index in [-0.39, 0.29) is 12.4 Å². The van der Waals surface area contributed by atoms with Crippen LogP contribution in [0.15, 0.2) is 36.7 Å². The molecule has 1 heterocycles. The van der Waals surface area contributed by atoms with Crippen molar-refractivity contribution in [2.24, 2.45) is 0 Å². The first-order valence-electron chi connectivity index (χ1n) is 7.17. The van der Waals surface area contributed by atoms with Crippen molar-refractivity contribution >= 4 is 5.78 Å². The lowest BCUT2D eigenvalue weighted by atomic mass is 10.1. The van der Waals surface area contributed by atoms with Crippen LogP contribution in [0.1, 0.15) is 46.3 Å². The van der Waals surface area contributed by atoms with Crippen LogP contribution >= 0.6 is 0 Å². The number of hydrogen-bond donors (Lipinski definition) is 1. The molecule has 104 valence electrons. The first-order chi connectivity index (χ1) is 9.76. The Labute approximate surface area is 118 Å². The second kappa shape index (κ2) is 5.63. The van der Waals surface area contributed by atoms with Crippen LogP contribution in [0, 0.1) is 0 Å². The minimum Gasteiger partial charge on any atom is -0.392 e. The summed E-state index contributed by atoms with van der Waals surface area (Å²) in [5.74, 6) is 0.284. The highest BCUT2D eigenvalue weighted by molar-refractivity contribution is 5.97. The molecule has 0 saturated carbocycles. The van der Waals surface area contributed by atoms with E-state index < -0.39 is 0 Å². The number of fused-ring (bicyclic) bond motifs is 1. The lowest BCUT2D eigenvalue weighted by molar-refractivity contribution is 0.0982. The lowest BCUT2D eigenvalue weighted by Gasteiger charge is -2.04. The van der Waals surface area contributed by atoms with Gasteiger partial charge < -0.3 is 9.67 Å². The highest BCUT2D eigenvalue weighted by atomic mass is 16.3. The molecule has 0 radical (unpaired) electrons. The zero-order valence-corrected chi connectivity index (χ0v) is 11.5. The SMILES string of the molecule is O=C1CCCCc2cn(Cc3ccc(CO)cc3)cc21. The predicted molar refractivity (Wildman–Crippen MR) is 77.8 cm³/mol. The summed E-state index contributed by atoms with van der Waals surface area (Å²) in [4.78, 5) is 12.0. The summed E-state index contributed by atoms with van der Waals surface area (Å²) < 4.78 is 2.10. The quantitative estimate of drug-likeness (QED) is 0.870. The molecular weight excluding hydrogens is 250 g/mol. The smallest absolute Gasteiger partial charge is 0.164 e. The number of carbonyl (C=O) groups is 1. The van der Waals surface area contributed by atoms with Crippen molar-refractivity contribution in [3.63, 3.8) is 0 Å². The van der Waals surface area contributed by atoms with E-state index in [2.05, 4.69) is 10.8 Å². The van der Waals surface area contributed by atoms with E-state index in [9.17, 15) is 4.79 Å². The van der Waals surface area contributed by atoms with Crippen LogP contribution in [0.5, 0.6) is 0 Å². The van der Waals surface area contributed by atoms with Crippen LogP contribution in [0.2, 0.25) is 0 Å². The number of aryl methyl sites for hydroxylation is 1. The summed E-state index contributed by atoms with van der Waals surface area (Å²) in [7, 11) is 0. The summed E-state index contributed by atoms with van der Waals surface area (Å²) in [5, 5.41) is 9.04. The standard InChI is InChI=1S/C17H19NO2/c19-12-14-7-5-13(6-8-14)9-18-10-15-3-1-2-4-17(20)16(15)11-18/h5-8,10-11,19H,1-4,9,12H2. The fourth-order valence-electron chi connectivity index (χ4n) is 2.79. The molecular formula is C17H19NO2. The van der Waals surface area contributed by atoms with Gasteiger partial charge in [-0.1, -0.05) is 24.3 Å². The number of carbonyl (C=O) groups excluding carboxylic acids is 1. The van der Waals surface area contributed by atoms with Gasteiger partial charge in [0.25, 0.3) is 0 Å². The van der Waals surface area contributed by atoms with E-state index in [1.165, 1.54) is 11.1 Å². The molecule has 0 bridgehead atoms. The van der Waals surface area contributed by atoms with Crippen molar-refractivity contribution in [3.05, 3.63) is 58.9 Å². The Morgan fingerprint density at radius 1 is 1.00 bits per heavy atom. The molecule has 0 saturated heterocycles. The second-order valence-electron chi connectivity index (χ2n) is 5.47. The van der Waals surface area contributed by atoms with Gasteiger partial charge in [-0.3, -0.25) is 4.79 Å². The number of nitrogens with zero attached hydrogens (tertiary/aromatic N) is 1. The third kappa shape index (κ3) is 2.68. The molecule has 1 aliphatic rings. The Morgan fingerprint density at radius 3 is 2.45 bits per heavy atom. The first-order valence-corrected chi connectivity index (χ1v) is 7.17. The van der Waals surface area contributed by atoms with E-state index in [1.54, 1.807) is 0 Å². The number of hydrogen-bond acceptors (Lipinski definition) is 2. The topological polar surface area (TPSA) is 42.2 Å². The minimum atomic E-state index is 0.0760. The maximum atomic E-state index is 12.0. The number of benzene rings is 1. The molecule has 0 spiro atoms. The minimum absolute atomic E-state index is 0.0760. The number of Topliss-reactive ketones (excluding diaryl/α,β-unsaturated/α-hetero) is 1. The van der Waals surface area contributed by atoms with Crippen LogP contribution in [-0.4, -0.2) is 15.5 Å². The van der Waals surface area contributed by atoms with Gasteiger partial charge in [-0.05, 0) is 36.0 Å². The summed E-state index contributed by atoms with van der Waals surface area (Å²) >= 11 is 0. The van der Waals surface area contributed by atoms with E-state index in [1.807, 2.05) is 30.5 Å². The fourth-order valence-corrected chi connectivity index (χ4v) is 2.79. The van der Waals surface area contributed by atoms with Gasteiger partial charge in [0.1, 0.15) is 0 Å². The van der Waals surface area contributed by atoms with Crippen LogP contribution in [0.25, 0.3) is 0 Å². The number of aromatic nitrogens is 1. The van der Waals surface area contributed by atoms with Crippen molar-refractivity contribution in [2.75, 3.05) is 0 Å². The van der Waals surface area contributed by atoms with Gasteiger partial charge in [-0.15, -0.1) is 0 Å². The molecule has 3 nitrogen and oxygen atoms in total. The molecule has 3 heteroatoms. The van der Waals surface area contributed by atoms with E-state index in [4.69, 9.17) is 5.11 Å². The Bertz CT molecular complexity index is 610. The summed E-state index contributed by atoms with van der Waals surface area (Å²) in [6.45, 7) is 0.846. The largest absolute Gasteiger partial charge is 0.392 e. The van der Waals surface area contributed by atoms with Gasteiger partial charge >= 0.3 is 0 Å². The molecule has 0 unspecified atom stereocenters. The van der Waals surface area contributed by atoms with Gasteiger partial charge in [0.2, 0.25) is 0 Å². The molecule has 0 atom stereocenters. The average Bonchev–Trinajstić information content (AvgIpc) is 2.79. The Balaban J connectivity index is 1.81. The third-order valence-corrected chi connectivity index (χ3v) is 3.93. The molecule has 0 fully saturated rings. The monoisotopic (exact) mass is 269 g/mol. The van der Waals surface area contributed by atoms with E-state index in [0.717, 1.165) is 36.9 Å². The molecule has 2 aromatic rings. The Kier molecular flexibility index (Phi) is 3.70. The number of ketones is 1. The molecule has 0 amide bonds. The zero-order valence-electron chi connectivity index (χ0n) is 11.5. The summed E-state index contributed by atoms with van der Waals surface area (Å²) in [5.41, 5.74) is 4.21. The van der Waals surface area contributed by atoms with Crippen LogP contribution in [0.3, 0.4) is 0 Å².